The molecule has 0 atom stereocenters. The highest BCUT2D eigenvalue weighted by atomic mass is 79.9. The van der Waals surface area contributed by atoms with Crippen molar-refractivity contribution in [1.82, 2.24) is 5.32 Å². The summed E-state index contributed by atoms with van der Waals surface area (Å²) in [6, 6.07) is 20.8. The molecule has 172 valence electrons. The van der Waals surface area contributed by atoms with Gasteiger partial charge in [-0.05, 0) is 73.2 Å². The van der Waals surface area contributed by atoms with Crippen LogP contribution in [0.4, 0.5) is 26.7 Å². The molecule has 9 heteroatoms. The molecule has 0 radical (unpaired) electrons. The van der Waals surface area contributed by atoms with E-state index in [4.69, 9.17) is 16.3 Å². The number of nitrogens with zero attached hydrogens (tertiary/aromatic N) is 1. The quantitative estimate of drug-likeness (QED) is 0.296. The van der Waals surface area contributed by atoms with Gasteiger partial charge in [-0.25, -0.2) is 9.59 Å². The molecule has 0 fully saturated rings. The van der Waals surface area contributed by atoms with E-state index in [2.05, 4.69) is 31.9 Å². The van der Waals surface area contributed by atoms with Crippen LogP contribution in [0.25, 0.3) is 0 Å². The standard InChI is InChI=1S/C24H24BrClN4O3/c1-33-22-12-10-21(11-13-22)30(24(32)29-20-5-2-4-18(26)16-20)15-3-14-27-23(31)28-19-8-6-17(25)7-9-19/h2,4-13,16H,3,14-15H2,1H3,(H,29,32)(H2,27,28,31). The summed E-state index contributed by atoms with van der Waals surface area (Å²) in [5, 5.41) is 8.98. The number of halogens is 2. The number of anilines is 3. The predicted molar refractivity (Wildman–Crippen MR) is 137 cm³/mol. The van der Waals surface area contributed by atoms with Crippen molar-refractivity contribution in [3.05, 3.63) is 82.3 Å². The smallest absolute Gasteiger partial charge is 0.326 e. The van der Waals surface area contributed by atoms with Crippen LogP contribution in [0, 0.1) is 0 Å². The molecule has 0 unspecified atom stereocenters. The molecular formula is C24H24BrClN4O3. The molecule has 0 saturated carbocycles. The lowest BCUT2D eigenvalue weighted by Crippen LogP contribution is -2.38. The molecule has 0 aliphatic heterocycles. The second-order valence-electron chi connectivity index (χ2n) is 7.03. The Kier molecular flexibility index (Phi) is 8.97. The van der Waals surface area contributed by atoms with Crippen molar-refractivity contribution in [2.45, 2.75) is 6.42 Å². The van der Waals surface area contributed by atoms with E-state index in [0.29, 0.717) is 47.3 Å². The molecule has 0 aliphatic carbocycles. The highest BCUT2D eigenvalue weighted by molar-refractivity contribution is 9.10. The first-order chi connectivity index (χ1) is 15.9. The zero-order chi connectivity index (χ0) is 23.6. The minimum atomic E-state index is -0.309. The Morgan fingerprint density at radius 3 is 2.36 bits per heavy atom. The van der Waals surface area contributed by atoms with E-state index in [9.17, 15) is 9.59 Å². The Bertz CT molecular complexity index is 1080. The third-order valence-corrected chi connectivity index (χ3v) is 5.42. The van der Waals surface area contributed by atoms with Crippen LogP contribution in [0.15, 0.2) is 77.3 Å². The summed E-state index contributed by atoms with van der Waals surface area (Å²) >= 11 is 9.39. The Morgan fingerprint density at radius 1 is 0.970 bits per heavy atom. The largest absolute Gasteiger partial charge is 0.497 e. The van der Waals surface area contributed by atoms with Crippen molar-refractivity contribution in [3.63, 3.8) is 0 Å². The fourth-order valence-corrected chi connectivity index (χ4v) is 3.47. The first-order valence-corrected chi connectivity index (χ1v) is 11.4. The summed E-state index contributed by atoms with van der Waals surface area (Å²) in [5.41, 5.74) is 1.99. The normalized spacial score (nSPS) is 10.3. The highest BCUT2D eigenvalue weighted by Crippen LogP contribution is 2.22. The van der Waals surface area contributed by atoms with Gasteiger partial charge in [0.05, 0.1) is 7.11 Å². The summed E-state index contributed by atoms with van der Waals surface area (Å²) in [6.07, 6.45) is 0.544. The average molecular weight is 532 g/mol. The molecule has 0 saturated heterocycles. The van der Waals surface area contributed by atoms with Crippen LogP contribution in [0.5, 0.6) is 5.75 Å². The lowest BCUT2D eigenvalue weighted by molar-refractivity contribution is 0.252. The fraction of sp³-hybridized carbons (Fsp3) is 0.167. The Hall–Kier alpha value is -3.23. The number of rotatable bonds is 8. The summed E-state index contributed by atoms with van der Waals surface area (Å²) in [7, 11) is 1.59. The maximum Gasteiger partial charge on any atom is 0.326 e. The second kappa shape index (κ2) is 12.1. The molecule has 3 aromatic rings. The highest BCUT2D eigenvalue weighted by Gasteiger charge is 2.16. The zero-order valence-corrected chi connectivity index (χ0v) is 20.3. The number of nitrogens with one attached hydrogen (secondary N) is 3. The maximum absolute atomic E-state index is 13.0. The van der Waals surface area contributed by atoms with Gasteiger partial charge in [0.25, 0.3) is 0 Å². The minimum absolute atomic E-state index is 0.304. The fourth-order valence-electron chi connectivity index (χ4n) is 3.01. The van der Waals surface area contributed by atoms with Crippen LogP contribution in [0.3, 0.4) is 0 Å². The van der Waals surface area contributed by atoms with Gasteiger partial charge in [0.1, 0.15) is 5.75 Å². The lowest BCUT2D eigenvalue weighted by atomic mass is 10.2. The first-order valence-electron chi connectivity index (χ1n) is 10.2. The van der Waals surface area contributed by atoms with E-state index in [0.717, 1.165) is 4.47 Å². The molecule has 7 nitrogen and oxygen atoms in total. The van der Waals surface area contributed by atoms with E-state index in [1.165, 1.54) is 0 Å². The van der Waals surface area contributed by atoms with E-state index >= 15 is 0 Å². The predicted octanol–water partition coefficient (Wildman–Crippen LogP) is 6.36. The van der Waals surface area contributed by atoms with Crippen molar-refractivity contribution < 1.29 is 14.3 Å². The van der Waals surface area contributed by atoms with E-state index in [-0.39, 0.29) is 12.1 Å². The van der Waals surface area contributed by atoms with Crippen LogP contribution in [-0.4, -0.2) is 32.3 Å². The molecule has 3 aromatic carbocycles. The number of methoxy groups -OCH3 is 1. The Morgan fingerprint density at radius 2 is 1.70 bits per heavy atom. The number of ether oxygens (including phenoxy) is 1. The first kappa shape index (κ1) is 24.4. The molecular weight excluding hydrogens is 508 g/mol. The van der Waals surface area contributed by atoms with Crippen molar-refractivity contribution in [1.29, 1.82) is 0 Å². The number of benzene rings is 3. The van der Waals surface area contributed by atoms with Crippen LogP contribution in [-0.2, 0) is 0 Å². The third kappa shape index (κ3) is 7.69. The monoisotopic (exact) mass is 530 g/mol. The van der Waals surface area contributed by atoms with E-state index in [1.54, 1.807) is 60.5 Å². The molecule has 0 aliphatic rings. The summed E-state index contributed by atoms with van der Waals surface area (Å²) in [4.78, 5) is 26.8. The minimum Gasteiger partial charge on any atom is -0.497 e. The number of hydrogen-bond donors (Lipinski definition) is 3. The second-order valence-corrected chi connectivity index (χ2v) is 8.38. The number of urea groups is 2. The van der Waals surface area contributed by atoms with Crippen LogP contribution < -0.4 is 25.6 Å². The molecule has 0 heterocycles. The van der Waals surface area contributed by atoms with E-state index < -0.39 is 0 Å². The summed E-state index contributed by atoms with van der Waals surface area (Å²) < 4.78 is 6.14. The van der Waals surface area contributed by atoms with E-state index in [1.807, 2.05) is 24.3 Å². The number of carbonyl (C=O) groups excluding carboxylic acids is 2. The molecule has 4 amide bonds. The molecule has 0 spiro atoms. The number of amides is 4. The maximum atomic E-state index is 13.0. The van der Waals surface area contributed by atoms with Crippen molar-refractivity contribution in [2.75, 3.05) is 35.7 Å². The topological polar surface area (TPSA) is 82.7 Å². The van der Waals surface area contributed by atoms with Gasteiger partial charge in [-0.2, -0.15) is 0 Å². The number of hydrogen-bond acceptors (Lipinski definition) is 3. The Labute approximate surface area is 206 Å². The molecule has 3 rings (SSSR count). The van der Waals surface area contributed by atoms with Gasteiger partial charge in [-0.15, -0.1) is 0 Å². The molecule has 0 aromatic heterocycles. The third-order valence-electron chi connectivity index (χ3n) is 4.65. The average Bonchev–Trinajstić information content (AvgIpc) is 2.80. The van der Waals surface area contributed by atoms with Gasteiger partial charge >= 0.3 is 12.1 Å². The van der Waals surface area contributed by atoms with Gasteiger partial charge < -0.3 is 20.7 Å². The van der Waals surface area contributed by atoms with Gasteiger partial charge in [0.2, 0.25) is 0 Å². The summed E-state index contributed by atoms with van der Waals surface area (Å²) in [5.74, 6) is 0.695. The van der Waals surface area contributed by atoms with Crippen molar-refractivity contribution in [2.24, 2.45) is 0 Å². The number of carbonyl (C=O) groups is 2. The van der Waals surface area contributed by atoms with Crippen LogP contribution >= 0.6 is 27.5 Å². The Balaban J connectivity index is 1.59. The van der Waals surface area contributed by atoms with Crippen molar-refractivity contribution >= 4 is 56.7 Å². The van der Waals surface area contributed by atoms with Crippen molar-refractivity contribution in [3.8, 4) is 5.75 Å². The van der Waals surface area contributed by atoms with Gasteiger partial charge in [0, 0.05) is 39.6 Å². The van der Waals surface area contributed by atoms with Gasteiger partial charge in [-0.3, -0.25) is 4.90 Å². The zero-order valence-electron chi connectivity index (χ0n) is 18.0. The molecule has 0 bridgehead atoms. The molecule has 33 heavy (non-hydrogen) atoms. The summed E-state index contributed by atoms with van der Waals surface area (Å²) in [6.45, 7) is 0.775. The SMILES string of the molecule is COc1ccc(N(CCCNC(=O)Nc2ccc(Br)cc2)C(=O)Nc2cccc(Cl)c2)cc1. The van der Waals surface area contributed by atoms with Gasteiger partial charge in [-0.1, -0.05) is 33.6 Å². The van der Waals surface area contributed by atoms with Crippen LogP contribution in [0.1, 0.15) is 6.42 Å². The van der Waals surface area contributed by atoms with Gasteiger partial charge in [0.15, 0.2) is 0 Å². The van der Waals surface area contributed by atoms with Crippen LogP contribution in [0.2, 0.25) is 5.02 Å². The molecule has 3 N–H and O–H groups in total. The lowest BCUT2D eigenvalue weighted by Gasteiger charge is -2.24.